The highest BCUT2D eigenvalue weighted by atomic mass is 16.4. The Hall–Kier alpha value is -2.33. The second-order valence-electron chi connectivity index (χ2n) is 3.97. The average Bonchev–Trinajstić information content (AvgIpc) is 2.44. The van der Waals surface area contributed by atoms with Gasteiger partial charge < -0.3 is 15.9 Å². The first-order valence-electron chi connectivity index (χ1n) is 5.86. The molecule has 0 bridgehead atoms. The zero-order valence-electron chi connectivity index (χ0n) is 10.4. The number of carbonyl (C=O) groups is 1. The van der Waals surface area contributed by atoms with E-state index in [2.05, 4.69) is 0 Å². The molecule has 19 heavy (non-hydrogen) atoms. The van der Waals surface area contributed by atoms with Crippen molar-refractivity contribution in [1.29, 1.82) is 0 Å². The lowest BCUT2D eigenvalue weighted by atomic mass is 10.1. The van der Waals surface area contributed by atoms with E-state index in [1.54, 1.807) is 12.1 Å². The molecule has 0 spiro atoms. The summed E-state index contributed by atoms with van der Waals surface area (Å²) in [7, 11) is 0. The lowest BCUT2D eigenvalue weighted by Crippen LogP contribution is -2.32. The molecule has 0 aliphatic heterocycles. The summed E-state index contributed by atoms with van der Waals surface area (Å²) in [6.45, 7) is 0. The van der Waals surface area contributed by atoms with Gasteiger partial charge in [0.05, 0.1) is 0 Å². The minimum absolute atomic E-state index is 0.160. The fraction of sp³-hybridized carbons (Fsp3) is 0.133. The maximum Gasteiger partial charge on any atom is 0.320 e. The van der Waals surface area contributed by atoms with Gasteiger partial charge in [0.2, 0.25) is 0 Å². The SMILES string of the molecule is N[C@@H](Cc1ccc(O)cc1)C(=O)O.c1ccccc1. The number of carboxylic acids is 1. The number of aromatic hydroxyl groups is 1. The highest BCUT2D eigenvalue weighted by molar-refractivity contribution is 5.73. The molecule has 0 aliphatic rings. The van der Waals surface area contributed by atoms with Gasteiger partial charge in [-0.2, -0.15) is 0 Å². The summed E-state index contributed by atoms with van der Waals surface area (Å²) >= 11 is 0. The monoisotopic (exact) mass is 259 g/mol. The summed E-state index contributed by atoms with van der Waals surface area (Å²) in [6, 6.07) is 17.4. The first kappa shape index (κ1) is 14.7. The van der Waals surface area contributed by atoms with Crippen LogP contribution in [-0.2, 0) is 11.2 Å². The number of rotatable bonds is 3. The number of hydrogen-bond donors (Lipinski definition) is 3. The highest BCUT2D eigenvalue weighted by Crippen LogP contribution is 2.10. The minimum Gasteiger partial charge on any atom is -0.508 e. The van der Waals surface area contributed by atoms with E-state index in [0.717, 1.165) is 5.56 Å². The molecule has 0 saturated heterocycles. The molecule has 1 atom stereocenters. The van der Waals surface area contributed by atoms with E-state index < -0.39 is 12.0 Å². The summed E-state index contributed by atoms with van der Waals surface area (Å²) < 4.78 is 0. The van der Waals surface area contributed by atoms with Gasteiger partial charge in [0.1, 0.15) is 11.8 Å². The molecule has 4 nitrogen and oxygen atoms in total. The third-order valence-electron chi connectivity index (χ3n) is 2.38. The summed E-state index contributed by atoms with van der Waals surface area (Å²) in [5.74, 6) is -0.860. The van der Waals surface area contributed by atoms with Crippen LogP contribution in [0.15, 0.2) is 60.7 Å². The maximum absolute atomic E-state index is 10.4. The van der Waals surface area contributed by atoms with Crippen LogP contribution in [0.5, 0.6) is 5.75 Å². The molecule has 0 saturated carbocycles. The Morgan fingerprint density at radius 3 is 1.79 bits per heavy atom. The van der Waals surface area contributed by atoms with Crippen LogP contribution in [0.3, 0.4) is 0 Å². The molecular weight excluding hydrogens is 242 g/mol. The van der Waals surface area contributed by atoms with E-state index >= 15 is 0 Å². The standard InChI is InChI=1S/C9H11NO3.C6H6/c10-8(9(12)13)5-6-1-3-7(11)4-2-6;1-2-4-6-5-3-1/h1-4,8,11H,5,10H2,(H,12,13);1-6H/t8-;/m0./s1. The summed E-state index contributed by atoms with van der Waals surface area (Å²) in [4.78, 5) is 10.4. The van der Waals surface area contributed by atoms with E-state index in [4.69, 9.17) is 15.9 Å². The normalized spacial score (nSPS) is 11.0. The van der Waals surface area contributed by atoms with Gasteiger partial charge in [0.15, 0.2) is 0 Å². The molecule has 0 aromatic heterocycles. The Morgan fingerprint density at radius 1 is 1.00 bits per heavy atom. The molecule has 0 amide bonds. The van der Waals surface area contributed by atoms with Crippen LogP contribution < -0.4 is 5.73 Å². The van der Waals surface area contributed by atoms with Crippen LogP contribution in [-0.4, -0.2) is 22.2 Å². The lowest BCUT2D eigenvalue weighted by molar-refractivity contribution is -0.138. The van der Waals surface area contributed by atoms with Crippen molar-refractivity contribution in [2.75, 3.05) is 0 Å². The largest absolute Gasteiger partial charge is 0.508 e. The van der Waals surface area contributed by atoms with Crippen molar-refractivity contribution in [3.8, 4) is 5.75 Å². The van der Waals surface area contributed by atoms with E-state index in [-0.39, 0.29) is 12.2 Å². The van der Waals surface area contributed by atoms with Crippen LogP contribution in [0, 0.1) is 0 Å². The highest BCUT2D eigenvalue weighted by Gasteiger charge is 2.11. The van der Waals surface area contributed by atoms with Gasteiger partial charge in [-0.1, -0.05) is 48.5 Å². The Bertz CT molecular complexity index is 456. The molecule has 0 radical (unpaired) electrons. The number of nitrogens with two attached hydrogens (primary N) is 1. The van der Waals surface area contributed by atoms with Crippen LogP contribution in [0.2, 0.25) is 0 Å². The van der Waals surface area contributed by atoms with E-state index in [9.17, 15) is 4.79 Å². The Balaban J connectivity index is 0.000000250. The summed E-state index contributed by atoms with van der Waals surface area (Å²) in [5, 5.41) is 17.5. The van der Waals surface area contributed by atoms with E-state index in [1.807, 2.05) is 36.4 Å². The zero-order valence-corrected chi connectivity index (χ0v) is 10.4. The molecule has 4 N–H and O–H groups in total. The third kappa shape index (κ3) is 6.24. The molecule has 2 rings (SSSR count). The van der Waals surface area contributed by atoms with Gasteiger partial charge in [-0.25, -0.2) is 0 Å². The van der Waals surface area contributed by atoms with Crippen molar-refractivity contribution >= 4 is 5.97 Å². The van der Waals surface area contributed by atoms with Crippen molar-refractivity contribution in [3.05, 3.63) is 66.2 Å². The quantitative estimate of drug-likeness (QED) is 0.787. The first-order valence-corrected chi connectivity index (χ1v) is 5.86. The molecular formula is C15H17NO3. The molecule has 2 aromatic carbocycles. The fourth-order valence-corrected chi connectivity index (χ4v) is 1.36. The minimum atomic E-state index is -1.02. The molecule has 4 heteroatoms. The Labute approximate surface area is 112 Å². The first-order chi connectivity index (χ1) is 9.09. The molecule has 0 heterocycles. The molecule has 0 aliphatic carbocycles. The van der Waals surface area contributed by atoms with E-state index in [0.29, 0.717) is 0 Å². The van der Waals surface area contributed by atoms with Crippen molar-refractivity contribution in [2.24, 2.45) is 5.73 Å². The lowest BCUT2D eigenvalue weighted by Gasteiger charge is -2.05. The number of phenolic OH excluding ortho intramolecular Hbond substituents is 1. The Morgan fingerprint density at radius 2 is 1.42 bits per heavy atom. The fourth-order valence-electron chi connectivity index (χ4n) is 1.36. The number of benzene rings is 2. The molecule has 2 aromatic rings. The molecule has 0 unspecified atom stereocenters. The van der Waals surface area contributed by atoms with Gasteiger partial charge in [0.25, 0.3) is 0 Å². The maximum atomic E-state index is 10.4. The number of carboxylic acid groups (broad SMARTS) is 1. The van der Waals surface area contributed by atoms with Gasteiger partial charge in [-0.15, -0.1) is 0 Å². The predicted molar refractivity (Wildman–Crippen MR) is 73.9 cm³/mol. The number of aliphatic carboxylic acids is 1. The van der Waals surface area contributed by atoms with Crippen LogP contribution in [0.25, 0.3) is 0 Å². The van der Waals surface area contributed by atoms with Gasteiger partial charge in [0, 0.05) is 0 Å². The van der Waals surface area contributed by atoms with Crippen molar-refractivity contribution in [2.45, 2.75) is 12.5 Å². The van der Waals surface area contributed by atoms with Crippen molar-refractivity contribution < 1.29 is 15.0 Å². The average molecular weight is 259 g/mol. The van der Waals surface area contributed by atoms with Crippen LogP contribution in [0.1, 0.15) is 5.56 Å². The Kier molecular flexibility index (Phi) is 6.12. The van der Waals surface area contributed by atoms with Crippen LogP contribution in [0.4, 0.5) is 0 Å². The van der Waals surface area contributed by atoms with E-state index in [1.165, 1.54) is 12.1 Å². The second-order valence-corrected chi connectivity index (χ2v) is 3.97. The third-order valence-corrected chi connectivity index (χ3v) is 2.38. The van der Waals surface area contributed by atoms with Gasteiger partial charge in [-0.3, -0.25) is 4.79 Å². The van der Waals surface area contributed by atoms with Crippen molar-refractivity contribution in [3.63, 3.8) is 0 Å². The zero-order chi connectivity index (χ0) is 14.1. The number of phenols is 1. The summed E-state index contributed by atoms with van der Waals surface area (Å²) in [5.41, 5.74) is 6.12. The van der Waals surface area contributed by atoms with Crippen LogP contribution >= 0.6 is 0 Å². The molecule has 0 fully saturated rings. The number of hydrogen-bond acceptors (Lipinski definition) is 3. The smallest absolute Gasteiger partial charge is 0.320 e. The summed E-state index contributed by atoms with van der Waals surface area (Å²) in [6.07, 6.45) is 0.273. The second kappa shape index (κ2) is 7.89. The van der Waals surface area contributed by atoms with Crippen molar-refractivity contribution in [1.82, 2.24) is 0 Å². The van der Waals surface area contributed by atoms with Gasteiger partial charge >= 0.3 is 5.97 Å². The topological polar surface area (TPSA) is 83.5 Å². The predicted octanol–water partition coefficient (Wildman–Crippen LogP) is 2.03. The van der Waals surface area contributed by atoms with Gasteiger partial charge in [-0.05, 0) is 24.1 Å². The molecule has 100 valence electrons.